The molecule has 2 amide bonds. The van der Waals surface area contributed by atoms with Crippen molar-refractivity contribution in [1.29, 1.82) is 0 Å². The van der Waals surface area contributed by atoms with Crippen molar-refractivity contribution in [2.45, 2.75) is 45.6 Å². The van der Waals surface area contributed by atoms with Crippen LogP contribution in [0.15, 0.2) is 28.8 Å². The molecule has 0 aromatic heterocycles. The van der Waals surface area contributed by atoms with E-state index in [1.807, 2.05) is 22.1 Å². The van der Waals surface area contributed by atoms with E-state index in [-0.39, 0.29) is 12.1 Å². The number of piperidine rings is 1. The highest BCUT2D eigenvalue weighted by atomic mass is 35.5. The molecule has 6 heteroatoms. The van der Waals surface area contributed by atoms with E-state index < -0.39 is 0 Å². The van der Waals surface area contributed by atoms with Gasteiger partial charge in [0.25, 0.3) is 0 Å². The Hall–Kier alpha value is -1.52. The van der Waals surface area contributed by atoms with Crippen LogP contribution in [0.1, 0.15) is 50.3 Å². The number of fused-ring (bicyclic) bond motifs is 1. The summed E-state index contributed by atoms with van der Waals surface area (Å²) in [6, 6.07) is 3.81. The van der Waals surface area contributed by atoms with Crippen LogP contribution < -0.4 is 0 Å². The van der Waals surface area contributed by atoms with Crippen LogP contribution in [0.25, 0.3) is 0 Å². The number of benzene rings is 1. The number of aliphatic imine (C=N–C) groups is 1. The molecule has 0 saturated carbocycles. The van der Waals surface area contributed by atoms with Crippen LogP contribution in [0.2, 0.25) is 10.0 Å². The van der Waals surface area contributed by atoms with Crippen molar-refractivity contribution in [2.75, 3.05) is 26.7 Å². The Morgan fingerprint density at radius 2 is 2.11 bits per heavy atom. The maximum absolute atomic E-state index is 13.4. The first-order chi connectivity index (χ1) is 13.5. The largest absolute Gasteiger partial charge is 0.324 e. The van der Waals surface area contributed by atoms with Gasteiger partial charge in [0, 0.05) is 48.9 Å². The molecule has 0 spiro atoms. The molecule has 2 unspecified atom stereocenters. The van der Waals surface area contributed by atoms with Crippen LogP contribution in [0.3, 0.4) is 0 Å². The standard InChI is InChI=1S/C22H29Cl2N3O/c1-4-6-17(13-25-3)18-7-5-9-26(14-18)22(28)27-10-8-16-11-19(23)12-20(24)21(16)15(27)2/h6,11-13,15,18H,4-5,7-10,14H2,1-3H3/b17-6+,25-13?. The van der Waals surface area contributed by atoms with Crippen molar-refractivity contribution in [3.05, 3.63) is 45.0 Å². The minimum atomic E-state index is -0.0516. The topological polar surface area (TPSA) is 35.9 Å². The third-order valence-electron chi connectivity index (χ3n) is 5.81. The molecule has 3 rings (SSSR count). The summed E-state index contributed by atoms with van der Waals surface area (Å²) in [5, 5.41) is 1.30. The van der Waals surface area contributed by atoms with Crippen molar-refractivity contribution < 1.29 is 4.79 Å². The number of allylic oxidation sites excluding steroid dienone is 1. The quantitative estimate of drug-likeness (QED) is 0.569. The van der Waals surface area contributed by atoms with Gasteiger partial charge in [-0.05, 0) is 61.4 Å². The Bertz CT molecular complexity index is 790. The van der Waals surface area contributed by atoms with Gasteiger partial charge in [0.15, 0.2) is 0 Å². The number of rotatable bonds is 3. The fourth-order valence-corrected chi connectivity index (χ4v) is 5.17. The lowest BCUT2D eigenvalue weighted by Gasteiger charge is -2.41. The first-order valence-electron chi connectivity index (χ1n) is 10.1. The molecule has 1 aromatic rings. The molecule has 0 N–H and O–H groups in total. The molecule has 152 valence electrons. The fraction of sp³-hybridized carbons (Fsp3) is 0.545. The molecule has 0 radical (unpaired) electrons. The summed E-state index contributed by atoms with van der Waals surface area (Å²) in [5.74, 6) is 0.358. The molecular weight excluding hydrogens is 393 g/mol. The normalized spacial score (nSPS) is 23.2. The summed E-state index contributed by atoms with van der Waals surface area (Å²) in [7, 11) is 1.80. The lowest BCUT2D eigenvalue weighted by molar-refractivity contribution is 0.117. The second-order valence-corrected chi connectivity index (χ2v) is 8.49. The summed E-state index contributed by atoms with van der Waals surface area (Å²) in [5.41, 5.74) is 3.43. The number of hydrogen-bond acceptors (Lipinski definition) is 2. The maximum Gasteiger partial charge on any atom is 0.320 e. The number of likely N-dealkylation sites (tertiary alicyclic amines) is 1. The average Bonchev–Trinajstić information content (AvgIpc) is 2.67. The van der Waals surface area contributed by atoms with Gasteiger partial charge in [-0.1, -0.05) is 36.2 Å². The summed E-state index contributed by atoms with van der Waals surface area (Å²) in [6.07, 6.45) is 8.06. The monoisotopic (exact) mass is 421 g/mol. The van der Waals surface area contributed by atoms with Crippen molar-refractivity contribution in [2.24, 2.45) is 10.9 Å². The molecule has 1 aromatic carbocycles. The van der Waals surface area contributed by atoms with E-state index in [0.29, 0.717) is 22.5 Å². The van der Waals surface area contributed by atoms with Crippen molar-refractivity contribution in [1.82, 2.24) is 9.80 Å². The molecule has 1 fully saturated rings. The van der Waals surface area contributed by atoms with E-state index in [9.17, 15) is 4.79 Å². The summed E-state index contributed by atoms with van der Waals surface area (Å²) in [4.78, 5) is 21.5. The van der Waals surface area contributed by atoms with Crippen LogP contribution >= 0.6 is 23.2 Å². The molecule has 0 bridgehead atoms. The molecule has 28 heavy (non-hydrogen) atoms. The Morgan fingerprint density at radius 3 is 2.82 bits per heavy atom. The van der Waals surface area contributed by atoms with Gasteiger partial charge in [0.2, 0.25) is 0 Å². The second-order valence-electron chi connectivity index (χ2n) is 7.65. The van der Waals surface area contributed by atoms with Crippen LogP contribution in [-0.2, 0) is 6.42 Å². The average molecular weight is 422 g/mol. The Kier molecular flexibility index (Phi) is 7.05. The molecule has 1 saturated heterocycles. The van der Waals surface area contributed by atoms with E-state index in [1.54, 1.807) is 13.1 Å². The number of amides is 2. The Labute approximate surface area is 178 Å². The zero-order valence-corrected chi connectivity index (χ0v) is 18.4. The number of nitrogens with zero attached hydrogens (tertiary/aromatic N) is 3. The molecule has 2 atom stereocenters. The Balaban J connectivity index is 1.77. The van der Waals surface area contributed by atoms with Crippen LogP contribution in [0, 0.1) is 5.92 Å². The predicted octanol–water partition coefficient (Wildman–Crippen LogP) is 5.78. The van der Waals surface area contributed by atoms with Gasteiger partial charge < -0.3 is 9.80 Å². The third-order valence-corrected chi connectivity index (χ3v) is 6.35. The molecule has 0 aliphatic carbocycles. The van der Waals surface area contributed by atoms with Gasteiger partial charge in [0.05, 0.1) is 6.04 Å². The van der Waals surface area contributed by atoms with Crippen molar-refractivity contribution in [3.63, 3.8) is 0 Å². The first-order valence-corrected chi connectivity index (χ1v) is 10.9. The predicted molar refractivity (Wildman–Crippen MR) is 118 cm³/mol. The van der Waals surface area contributed by atoms with Crippen LogP contribution in [-0.4, -0.2) is 48.7 Å². The van der Waals surface area contributed by atoms with Gasteiger partial charge in [-0.3, -0.25) is 4.99 Å². The van der Waals surface area contributed by atoms with E-state index in [2.05, 4.69) is 24.9 Å². The van der Waals surface area contributed by atoms with Crippen molar-refractivity contribution >= 4 is 35.4 Å². The highest BCUT2D eigenvalue weighted by Crippen LogP contribution is 2.37. The van der Waals surface area contributed by atoms with E-state index in [0.717, 1.165) is 49.9 Å². The van der Waals surface area contributed by atoms with E-state index in [1.165, 1.54) is 5.57 Å². The zero-order valence-electron chi connectivity index (χ0n) is 16.9. The molecule has 2 heterocycles. The minimum absolute atomic E-state index is 0.0516. The maximum atomic E-state index is 13.4. The molecule has 2 aliphatic rings. The molecular formula is C22H29Cl2N3O. The first kappa shape index (κ1) is 21.2. The fourth-order valence-electron chi connectivity index (χ4n) is 4.48. The van der Waals surface area contributed by atoms with E-state index >= 15 is 0 Å². The Morgan fingerprint density at radius 1 is 1.32 bits per heavy atom. The van der Waals surface area contributed by atoms with Crippen LogP contribution in [0.5, 0.6) is 0 Å². The minimum Gasteiger partial charge on any atom is -0.324 e. The number of halogens is 2. The SMILES string of the molecule is CC/C=C(\C=NC)C1CCCN(C(=O)N2CCc3cc(Cl)cc(Cl)c3C2C)C1. The number of hydrogen-bond donors (Lipinski definition) is 0. The van der Waals surface area contributed by atoms with Crippen molar-refractivity contribution in [3.8, 4) is 0 Å². The summed E-state index contributed by atoms with van der Waals surface area (Å²) >= 11 is 12.6. The summed E-state index contributed by atoms with van der Waals surface area (Å²) < 4.78 is 0. The van der Waals surface area contributed by atoms with Gasteiger partial charge in [0.1, 0.15) is 0 Å². The number of urea groups is 1. The smallest absolute Gasteiger partial charge is 0.320 e. The molecule has 4 nitrogen and oxygen atoms in total. The lowest BCUT2D eigenvalue weighted by atomic mass is 9.90. The number of carbonyl (C=O) groups excluding carboxylic acids is 1. The van der Waals surface area contributed by atoms with Gasteiger partial charge in [-0.15, -0.1) is 0 Å². The highest BCUT2D eigenvalue weighted by Gasteiger charge is 2.34. The lowest BCUT2D eigenvalue weighted by Crippen LogP contribution is -2.50. The third kappa shape index (κ3) is 4.38. The molecule has 2 aliphatic heterocycles. The highest BCUT2D eigenvalue weighted by molar-refractivity contribution is 6.35. The summed E-state index contributed by atoms with van der Waals surface area (Å²) in [6.45, 7) is 6.45. The number of carbonyl (C=O) groups is 1. The van der Waals surface area contributed by atoms with Gasteiger partial charge in [-0.2, -0.15) is 0 Å². The van der Waals surface area contributed by atoms with Gasteiger partial charge in [-0.25, -0.2) is 4.79 Å². The zero-order chi connectivity index (χ0) is 20.3. The van der Waals surface area contributed by atoms with Crippen LogP contribution in [0.4, 0.5) is 4.79 Å². The second kappa shape index (κ2) is 9.32. The van der Waals surface area contributed by atoms with E-state index in [4.69, 9.17) is 23.2 Å². The van der Waals surface area contributed by atoms with Gasteiger partial charge >= 0.3 is 6.03 Å².